The molecule has 0 aliphatic carbocycles. The van der Waals surface area contributed by atoms with Gasteiger partial charge in [0.25, 0.3) is 0 Å². The minimum atomic E-state index is -0.961. The Hall–Kier alpha value is -1.79. The molecule has 1 atom stereocenters. The van der Waals surface area contributed by atoms with Gasteiger partial charge in [0.05, 0.1) is 13.0 Å². The molecule has 1 aromatic rings. The summed E-state index contributed by atoms with van der Waals surface area (Å²) in [6, 6.07) is 5.33. The molecule has 1 aliphatic heterocycles. The zero-order valence-corrected chi connectivity index (χ0v) is 13.1. The number of carboxylic acid groups (broad SMARTS) is 1. The van der Waals surface area contributed by atoms with Crippen molar-refractivity contribution in [3.8, 4) is 11.5 Å². The molecule has 22 heavy (non-hydrogen) atoms. The topological polar surface area (TPSA) is 85.0 Å². The third-order valence-corrected chi connectivity index (χ3v) is 4.08. The molecule has 1 saturated heterocycles. The number of methoxy groups -OCH3 is 1. The van der Waals surface area contributed by atoms with Crippen LogP contribution in [-0.2, 0) is 4.79 Å². The Balaban J connectivity index is 2.22. The summed E-state index contributed by atoms with van der Waals surface area (Å²) in [6.45, 7) is 2.00. The van der Waals surface area contributed by atoms with E-state index in [1.807, 2.05) is 6.07 Å². The van der Waals surface area contributed by atoms with Crippen molar-refractivity contribution in [1.29, 1.82) is 0 Å². The fraction of sp³-hybridized carbons (Fsp3) is 0.562. The number of nitrogens with two attached hydrogens (primary N) is 1. The monoisotopic (exact) mass is 308 g/mol. The minimum absolute atomic E-state index is 0.0172. The van der Waals surface area contributed by atoms with Crippen molar-refractivity contribution >= 4 is 5.97 Å². The normalized spacial score (nSPS) is 18.0. The lowest BCUT2D eigenvalue weighted by Crippen LogP contribution is -2.35. The molecule has 1 aliphatic rings. The summed E-state index contributed by atoms with van der Waals surface area (Å²) < 4.78 is 11.5. The van der Waals surface area contributed by atoms with Crippen LogP contribution >= 0.6 is 0 Å². The zero-order valence-electron chi connectivity index (χ0n) is 13.1. The molecule has 0 amide bonds. The first-order valence-electron chi connectivity index (χ1n) is 7.51. The van der Waals surface area contributed by atoms with Crippen LogP contribution in [0.15, 0.2) is 18.2 Å². The zero-order chi connectivity index (χ0) is 16.1. The number of likely N-dealkylation sites (tertiary alicyclic amines) is 1. The summed E-state index contributed by atoms with van der Waals surface area (Å²) in [4.78, 5) is 13.6. The number of benzene rings is 1. The lowest BCUT2D eigenvalue weighted by Gasteiger charge is -2.30. The van der Waals surface area contributed by atoms with Gasteiger partial charge in [0.15, 0.2) is 11.5 Å². The number of carboxylic acids is 1. The van der Waals surface area contributed by atoms with Crippen molar-refractivity contribution in [2.45, 2.75) is 24.9 Å². The number of hydrogen-bond donors (Lipinski definition) is 2. The van der Waals surface area contributed by atoms with E-state index in [0.29, 0.717) is 17.1 Å². The molecule has 0 aromatic heterocycles. The summed E-state index contributed by atoms with van der Waals surface area (Å²) in [5, 5.41) is 9.31. The van der Waals surface area contributed by atoms with Gasteiger partial charge in [0.2, 0.25) is 0 Å². The molecule has 1 heterocycles. The van der Waals surface area contributed by atoms with Gasteiger partial charge in [-0.3, -0.25) is 4.79 Å². The minimum Gasteiger partial charge on any atom is -0.493 e. The van der Waals surface area contributed by atoms with Crippen LogP contribution in [-0.4, -0.2) is 55.9 Å². The quantitative estimate of drug-likeness (QED) is 0.824. The van der Waals surface area contributed by atoms with Crippen LogP contribution in [0.3, 0.4) is 0 Å². The van der Waals surface area contributed by atoms with Gasteiger partial charge in [-0.25, -0.2) is 0 Å². The van der Waals surface area contributed by atoms with Gasteiger partial charge < -0.3 is 25.2 Å². The molecule has 2 rings (SSSR count). The third kappa shape index (κ3) is 3.69. The van der Waals surface area contributed by atoms with Gasteiger partial charge in [-0.2, -0.15) is 0 Å². The number of rotatable bonds is 6. The third-order valence-electron chi connectivity index (χ3n) is 4.08. The van der Waals surface area contributed by atoms with E-state index < -0.39 is 11.9 Å². The molecule has 1 aromatic carbocycles. The number of carbonyl (C=O) groups is 1. The first-order valence-corrected chi connectivity index (χ1v) is 7.51. The Labute approximate surface area is 130 Å². The molecule has 3 N–H and O–H groups in total. The van der Waals surface area contributed by atoms with Crippen molar-refractivity contribution in [3.05, 3.63) is 23.8 Å². The van der Waals surface area contributed by atoms with E-state index in [9.17, 15) is 9.90 Å². The number of nitrogens with zero attached hydrogens (tertiary/aromatic N) is 1. The van der Waals surface area contributed by atoms with E-state index in [1.165, 1.54) is 7.11 Å². The highest BCUT2D eigenvalue weighted by Crippen LogP contribution is 2.36. The fourth-order valence-corrected chi connectivity index (χ4v) is 2.76. The molecule has 1 fully saturated rings. The van der Waals surface area contributed by atoms with Gasteiger partial charge in [-0.15, -0.1) is 0 Å². The number of para-hydroxylation sites is 1. The standard InChI is InChI=1S/C16H24N2O4/c1-18-8-6-11(7-9-18)22-14-5-3-4-12(15(14)21-2)13(10-17)16(19)20/h3-5,11,13H,6-10,17H2,1-2H3,(H,19,20). The lowest BCUT2D eigenvalue weighted by molar-refractivity contribution is -0.138. The second-order valence-electron chi connectivity index (χ2n) is 5.63. The summed E-state index contributed by atoms with van der Waals surface area (Å²) in [6.07, 6.45) is 2.02. The SMILES string of the molecule is COc1c(OC2CCN(C)CC2)cccc1C(CN)C(=O)O. The van der Waals surface area contributed by atoms with E-state index >= 15 is 0 Å². The van der Waals surface area contributed by atoms with Crippen molar-refractivity contribution in [3.63, 3.8) is 0 Å². The summed E-state index contributed by atoms with van der Waals surface area (Å²) in [7, 11) is 3.62. The number of aliphatic carboxylic acids is 1. The second-order valence-corrected chi connectivity index (χ2v) is 5.63. The van der Waals surface area contributed by atoms with Gasteiger partial charge in [0.1, 0.15) is 6.10 Å². The molecular formula is C16H24N2O4. The number of ether oxygens (including phenoxy) is 2. The molecule has 0 radical (unpaired) electrons. The Morgan fingerprint density at radius 3 is 2.68 bits per heavy atom. The van der Waals surface area contributed by atoms with E-state index in [2.05, 4.69) is 11.9 Å². The van der Waals surface area contributed by atoms with E-state index in [1.54, 1.807) is 12.1 Å². The average Bonchev–Trinajstić information content (AvgIpc) is 2.50. The van der Waals surface area contributed by atoms with E-state index in [-0.39, 0.29) is 12.6 Å². The molecule has 122 valence electrons. The van der Waals surface area contributed by atoms with Gasteiger partial charge >= 0.3 is 5.97 Å². The highest BCUT2D eigenvalue weighted by molar-refractivity contribution is 5.78. The maximum Gasteiger partial charge on any atom is 0.312 e. The average molecular weight is 308 g/mol. The van der Waals surface area contributed by atoms with E-state index in [0.717, 1.165) is 25.9 Å². The van der Waals surface area contributed by atoms with Crippen molar-refractivity contribution in [2.24, 2.45) is 5.73 Å². The number of hydrogen-bond acceptors (Lipinski definition) is 5. The maximum atomic E-state index is 11.4. The first-order chi connectivity index (χ1) is 10.6. The van der Waals surface area contributed by atoms with Crippen LogP contribution in [0.1, 0.15) is 24.3 Å². The predicted octanol–water partition coefficient (Wildman–Crippen LogP) is 1.30. The predicted molar refractivity (Wildman–Crippen MR) is 83.6 cm³/mol. The van der Waals surface area contributed by atoms with Crippen LogP contribution in [0.5, 0.6) is 11.5 Å². The van der Waals surface area contributed by atoms with Crippen LogP contribution < -0.4 is 15.2 Å². The van der Waals surface area contributed by atoms with E-state index in [4.69, 9.17) is 15.2 Å². The Bertz CT molecular complexity index is 513. The summed E-state index contributed by atoms with van der Waals surface area (Å²) >= 11 is 0. The highest BCUT2D eigenvalue weighted by Gasteiger charge is 2.26. The molecule has 1 unspecified atom stereocenters. The Morgan fingerprint density at radius 2 is 2.14 bits per heavy atom. The van der Waals surface area contributed by atoms with Gasteiger partial charge in [-0.1, -0.05) is 12.1 Å². The molecule has 0 saturated carbocycles. The largest absolute Gasteiger partial charge is 0.493 e. The van der Waals surface area contributed by atoms with Gasteiger partial charge in [-0.05, 0) is 26.0 Å². The smallest absolute Gasteiger partial charge is 0.312 e. The molecule has 6 heteroatoms. The highest BCUT2D eigenvalue weighted by atomic mass is 16.5. The lowest BCUT2D eigenvalue weighted by atomic mass is 9.98. The van der Waals surface area contributed by atoms with Gasteiger partial charge in [0, 0.05) is 25.2 Å². The fourth-order valence-electron chi connectivity index (χ4n) is 2.76. The molecule has 6 nitrogen and oxygen atoms in total. The Morgan fingerprint density at radius 1 is 1.45 bits per heavy atom. The Kier molecular flexibility index (Phi) is 5.63. The van der Waals surface area contributed by atoms with Crippen molar-refractivity contribution < 1.29 is 19.4 Å². The van der Waals surface area contributed by atoms with Crippen LogP contribution in [0, 0.1) is 0 Å². The maximum absolute atomic E-state index is 11.4. The first kappa shape index (κ1) is 16.6. The molecular weight excluding hydrogens is 284 g/mol. The van der Waals surface area contributed by atoms with Crippen molar-refractivity contribution in [1.82, 2.24) is 4.90 Å². The summed E-state index contributed by atoms with van der Waals surface area (Å²) in [5.74, 6) is -0.693. The summed E-state index contributed by atoms with van der Waals surface area (Å²) in [5.41, 5.74) is 6.15. The van der Waals surface area contributed by atoms with Crippen molar-refractivity contribution in [2.75, 3.05) is 33.8 Å². The number of piperidine rings is 1. The molecule has 0 spiro atoms. The van der Waals surface area contributed by atoms with Crippen LogP contribution in [0.4, 0.5) is 0 Å². The second kappa shape index (κ2) is 7.47. The van der Waals surface area contributed by atoms with Crippen LogP contribution in [0.2, 0.25) is 0 Å². The van der Waals surface area contributed by atoms with Crippen LogP contribution in [0.25, 0.3) is 0 Å². The molecule has 0 bridgehead atoms.